The van der Waals surface area contributed by atoms with Gasteiger partial charge in [-0.25, -0.2) is 12.7 Å². The number of hydrogen-bond acceptors (Lipinski definition) is 3. The molecular formula is C13H19NO3S. The van der Waals surface area contributed by atoms with Crippen molar-refractivity contribution < 1.29 is 13.2 Å². The van der Waals surface area contributed by atoms with Crippen molar-refractivity contribution in [2.75, 3.05) is 25.4 Å². The van der Waals surface area contributed by atoms with Crippen LogP contribution in [0, 0.1) is 6.92 Å². The van der Waals surface area contributed by atoms with Crippen molar-refractivity contribution in [3.8, 4) is 5.75 Å². The molecule has 5 heteroatoms. The van der Waals surface area contributed by atoms with Crippen LogP contribution in [0.15, 0.2) is 24.3 Å². The number of rotatable bonds is 5. The lowest BCUT2D eigenvalue weighted by Gasteiger charge is -2.14. The molecule has 4 nitrogen and oxygen atoms in total. The minimum absolute atomic E-state index is 0.297. The van der Waals surface area contributed by atoms with Crippen molar-refractivity contribution in [1.29, 1.82) is 0 Å². The Morgan fingerprint density at radius 3 is 2.89 bits per heavy atom. The van der Waals surface area contributed by atoms with Crippen LogP contribution < -0.4 is 4.74 Å². The quantitative estimate of drug-likeness (QED) is 0.766. The number of sulfonamides is 1. The van der Waals surface area contributed by atoms with Crippen LogP contribution in [0.4, 0.5) is 0 Å². The van der Waals surface area contributed by atoms with Gasteiger partial charge in [-0.3, -0.25) is 0 Å². The Bertz CT molecular complexity index is 499. The lowest BCUT2D eigenvalue weighted by Crippen LogP contribution is -2.27. The first-order valence-corrected chi connectivity index (χ1v) is 7.86. The van der Waals surface area contributed by atoms with Crippen molar-refractivity contribution >= 4 is 10.0 Å². The standard InChI is InChI=1S/C13H19NO3S/c1-12-5-2-6-13(11-12)17-9-3-7-14-8-4-10-18(14,15)16/h2,5-6,11H,3-4,7-10H2,1H3. The van der Waals surface area contributed by atoms with Gasteiger partial charge >= 0.3 is 0 Å². The van der Waals surface area contributed by atoms with Gasteiger partial charge in [0.15, 0.2) is 0 Å². The first kappa shape index (κ1) is 13.4. The third kappa shape index (κ3) is 3.46. The molecule has 1 saturated heterocycles. The van der Waals surface area contributed by atoms with E-state index in [1.165, 1.54) is 0 Å². The zero-order valence-corrected chi connectivity index (χ0v) is 11.4. The lowest BCUT2D eigenvalue weighted by molar-refractivity contribution is 0.292. The average Bonchev–Trinajstić information content (AvgIpc) is 2.64. The van der Waals surface area contributed by atoms with Crippen LogP contribution in [-0.2, 0) is 10.0 Å². The number of aryl methyl sites for hydroxylation is 1. The zero-order chi connectivity index (χ0) is 13.0. The zero-order valence-electron chi connectivity index (χ0n) is 10.6. The first-order valence-electron chi connectivity index (χ1n) is 6.25. The highest BCUT2D eigenvalue weighted by molar-refractivity contribution is 7.89. The van der Waals surface area contributed by atoms with Gasteiger partial charge in [0.2, 0.25) is 10.0 Å². The van der Waals surface area contributed by atoms with E-state index >= 15 is 0 Å². The molecule has 18 heavy (non-hydrogen) atoms. The van der Waals surface area contributed by atoms with Gasteiger partial charge in [-0.1, -0.05) is 12.1 Å². The number of nitrogens with zero attached hydrogens (tertiary/aromatic N) is 1. The minimum Gasteiger partial charge on any atom is -0.494 e. The van der Waals surface area contributed by atoms with Gasteiger partial charge < -0.3 is 4.74 Å². The van der Waals surface area contributed by atoms with Crippen molar-refractivity contribution in [1.82, 2.24) is 4.31 Å². The molecule has 100 valence electrons. The fourth-order valence-corrected chi connectivity index (χ4v) is 3.65. The Kier molecular flexibility index (Phi) is 4.24. The highest BCUT2D eigenvalue weighted by Crippen LogP contribution is 2.15. The van der Waals surface area contributed by atoms with E-state index in [2.05, 4.69) is 0 Å². The molecule has 1 heterocycles. The van der Waals surface area contributed by atoms with E-state index in [1.807, 2.05) is 31.2 Å². The fourth-order valence-electron chi connectivity index (χ4n) is 2.08. The maximum absolute atomic E-state index is 11.6. The molecule has 1 aromatic rings. The maximum atomic E-state index is 11.6. The van der Waals surface area contributed by atoms with E-state index in [-0.39, 0.29) is 0 Å². The molecule has 0 spiro atoms. The van der Waals surface area contributed by atoms with Crippen LogP contribution in [0.2, 0.25) is 0 Å². The Morgan fingerprint density at radius 1 is 1.39 bits per heavy atom. The normalized spacial score (nSPS) is 18.9. The molecule has 1 aromatic carbocycles. The Hall–Kier alpha value is -1.07. The number of hydrogen-bond donors (Lipinski definition) is 0. The largest absolute Gasteiger partial charge is 0.494 e. The molecule has 2 rings (SSSR count). The summed E-state index contributed by atoms with van der Waals surface area (Å²) >= 11 is 0. The van der Waals surface area contributed by atoms with Crippen LogP contribution in [-0.4, -0.2) is 38.2 Å². The van der Waals surface area contributed by atoms with Gasteiger partial charge in [-0.05, 0) is 37.5 Å². The Balaban J connectivity index is 1.73. The van der Waals surface area contributed by atoms with Crippen molar-refractivity contribution in [2.24, 2.45) is 0 Å². The summed E-state index contributed by atoms with van der Waals surface area (Å²) in [7, 11) is -2.96. The average molecular weight is 269 g/mol. The SMILES string of the molecule is Cc1cccc(OCCCN2CCCS2(=O)=O)c1. The minimum atomic E-state index is -2.96. The molecule has 0 saturated carbocycles. The van der Waals surface area contributed by atoms with Crippen LogP contribution in [0.25, 0.3) is 0 Å². The van der Waals surface area contributed by atoms with E-state index in [9.17, 15) is 8.42 Å². The molecule has 1 aliphatic rings. The molecule has 0 bridgehead atoms. The molecule has 0 N–H and O–H groups in total. The maximum Gasteiger partial charge on any atom is 0.214 e. The molecule has 1 aliphatic heterocycles. The van der Waals surface area contributed by atoms with E-state index in [0.717, 1.165) is 24.2 Å². The second-order valence-electron chi connectivity index (χ2n) is 4.59. The third-order valence-electron chi connectivity index (χ3n) is 3.01. The summed E-state index contributed by atoms with van der Waals surface area (Å²) in [5.74, 6) is 1.14. The van der Waals surface area contributed by atoms with Crippen LogP contribution in [0.5, 0.6) is 5.75 Å². The third-order valence-corrected chi connectivity index (χ3v) is 4.97. The van der Waals surface area contributed by atoms with Crippen molar-refractivity contribution in [3.63, 3.8) is 0 Å². The summed E-state index contributed by atoms with van der Waals surface area (Å²) in [6.07, 6.45) is 1.48. The van der Waals surface area contributed by atoms with Crippen LogP contribution in [0.1, 0.15) is 18.4 Å². The molecule has 0 radical (unpaired) electrons. The van der Waals surface area contributed by atoms with Crippen LogP contribution in [0.3, 0.4) is 0 Å². The number of ether oxygens (including phenoxy) is 1. The second kappa shape index (κ2) is 5.71. The molecule has 0 atom stereocenters. The molecule has 0 aliphatic carbocycles. The first-order chi connectivity index (χ1) is 8.58. The van der Waals surface area contributed by atoms with Gasteiger partial charge in [-0.2, -0.15) is 0 Å². The van der Waals surface area contributed by atoms with Crippen molar-refractivity contribution in [3.05, 3.63) is 29.8 Å². The monoisotopic (exact) mass is 269 g/mol. The molecule has 0 unspecified atom stereocenters. The summed E-state index contributed by atoms with van der Waals surface area (Å²) in [5, 5.41) is 0. The highest BCUT2D eigenvalue weighted by atomic mass is 32.2. The predicted octanol–water partition coefficient (Wildman–Crippen LogP) is 1.80. The van der Waals surface area contributed by atoms with Crippen LogP contribution >= 0.6 is 0 Å². The fraction of sp³-hybridized carbons (Fsp3) is 0.538. The molecule has 1 fully saturated rings. The Labute approximate surface area is 109 Å². The summed E-state index contributed by atoms with van der Waals surface area (Å²) < 4.78 is 30.3. The highest BCUT2D eigenvalue weighted by Gasteiger charge is 2.27. The topological polar surface area (TPSA) is 46.6 Å². The van der Waals surface area contributed by atoms with Gasteiger partial charge in [0, 0.05) is 13.1 Å². The number of benzene rings is 1. The molecular weight excluding hydrogens is 250 g/mol. The Morgan fingerprint density at radius 2 is 2.22 bits per heavy atom. The second-order valence-corrected chi connectivity index (χ2v) is 6.68. The summed E-state index contributed by atoms with van der Waals surface area (Å²) in [5.41, 5.74) is 1.16. The van der Waals surface area contributed by atoms with E-state index in [4.69, 9.17) is 4.74 Å². The summed E-state index contributed by atoms with van der Waals surface area (Å²) in [6, 6.07) is 7.87. The molecule has 0 amide bonds. The smallest absolute Gasteiger partial charge is 0.214 e. The van der Waals surface area contributed by atoms with E-state index in [0.29, 0.717) is 25.4 Å². The lowest BCUT2D eigenvalue weighted by atomic mass is 10.2. The van der Waals surface area contributed by atoms with Gasteiger partial charge in [-0.15, -0.1) is 0 Å². The van der Waals surface area contributed by atoms with Crippen molar-refractivity contribution in [2.45, 2.75) is 19.8 Å². The summed E-state index contributed by atoms with van der Waals surface area (Å²) in [4.78, 5) is 0. The molecule has 0 aromatic heterocycles. The van der Waals surface area contributed by atoms with Gasteiger partial charge in [0.1, 0.15) is 5.75 Å². The van der Waals surface area contributed by atoms with E-state index in [1.54, 1.807) is 4.31 Å². The van der Waals surface area contributed by atoms with Gasteiger partial charge in [0.25, 0.3) is 0 Å². The van der Waals surface area contributed by atoms with Gasteiger partial charge in [0.05, 0.1) is 12.4 Å². The van der Waals surface area contributed by atoms with E-state index < -0.39 is 10.0 Å². The predicted molar refractivity (Wildman–Crippen MR) is 71.3 cm³/mol. The summed E-state index contributed by atoms with van der Waals surface area (Å²) in [6.45, 7) is 3.79.